The zero-order valence-electron chi connectivity index (χ0n) is 6.27. The molecule has 0 aliphatic carbocycles. The molecule has 0 aliphatic rings. The van der Waals surface area contributed by atoms with Crippen molar-refractivity contribution >= 4 is 26.9 Å². The maximum atomic E-state index is 13.3. The second-order valence-electron chi connectivity index (χ2n) is 2.50. The minimum atomic E-state index is -0.314. The van der Waals surface area contributed by atoms with E-state index in [4.69, 9.17) is 4.52 Å². The van der Waals surface area contributed by atoms with Gasteiger partial charge in [0.25, 0.3) is 0 Å². The molecule has 1 heterocycles. The number of hydrogen-bond acceptors (Lipinski definition) is 2. The van der Waals surface area contributed by atoms with E-state index in [1.165, 1.54) is 0 Å². The van der Waals surface area contributed by atoms with Gasteiger partial charge in [-0.25, -0.2) is 4.39 Å². The van der Waals surface area contributed by atoms with E-state index in [2.05, 4.69) is 21.1 Å². The van der Waals surface area contributed by atoms with Crippen LogP contribution in [-0.4, -0.2) is 5.16 Å². The van der Waals surface area contributed by atoms with Crippen molar-refractivity contribution in [3.8, 4) is 0 Å². The largest absolute Gasteiger partial charge is 0.356 e. The molecule has 0 atom stereocenters. The Morgan fingerprint density at radius 3 is 3.00 bits per heavy atom. The monoisotopic (exact) mass is 229 g/mol. The molecule has 2 nitrogen and oxygen atoms in total. The zero-order valence-corrected chi connectivity index (χ0v) is 7.85. The fourth-order valence-corrected chi connectivity index (χ4v) is 1.44. The summed E-state index contributed by atoms with van der Waals surface area (Å²) >= 11 is 3.09. The molecule has 2 aromatic rings. The molecule has 1 aromatic carbocycles. The van der Waals surface area contributed by atoms with E-state index in [1.807, 2.05) is 0 Å². The number of aromatic nitrogens is 1. The summed E-state index contributed by atoms with van der Waals surface area (Å²) in [6.45, 7) is 1.71. The molecule has 2 rings (SSSR count). The fraction of sp³-hybridized carbons (Fsp3) is 0.125. The smallest absolute Gasteiger partial charge is 0.170 e. The number of benzene rings is 1. The summed E-state index contributed by atoms with van der Waals surface area (Å²) in [4.78, 5) is 0. The van der Waals surface area contributed by atoms with Gasteiger partial charge in [-0.1, -0.05) is 5.16 Å². The van der Waals surface area contributed by atoms with Crippen molar-refractivity contribution in [2.45, 2.75) is 6.92 Å². The first-order valence-corrected chi connectivity index (χ1v) is 4.19. The predicted octanol–water partition coefficient (Wildman–Crippen LogP) is 3.04. The number of rotatable bonds is 0. The molecule has 0 aliphatic heterocycles. The van der Waals surface area contributed by atoms with Crippen molar-refractivity contribution < 1.29 is 8.91 Å². The minimum absolute atomic E-state index is 0.314. The van der Waals surface area contributed by atoms with Crippen LogP contribution in [0.25, 0.3) is 11.0 Å². The van der Waals surface area contributed by atoms with Crippen molar-refractivity contribution in [1.29, 1.82) is 0 Å². The van der Waals surface area contributed by atoms with E-state index in [-0.39, 0.29) is 5.82 Å². The van der Waals surface area contributed by atoms with Crippen LogP contribution in [0.3, 0.4) is 0 Å². The van der Waals surface area contributed by atoms with Crippen molar-refractivity contribution in [2.24, 2.45) is 0 Å². The lowest BCUT2D eigenvalue weighted by molar-refractivity contribution is 0.450. The first kappa shape index (κ1) is 7.73. The first-order chi connectivity index (χ1) is 5.70. The van der Waals surface area contributed by atoms with Crippen LogP contribution in [0.2, 0.25) is 0 Å². The molecule has 0 spiro atoms. The van der Waals surface area contributed by atoms with Gasteiger partial charge in [-0.05, 0) is 35.0 Å². The third kappa shape index (κ3) is 0.948. The van der Waals surface area contributed by atoms with Gasteiger partial charge in [0.05, 0.1) is 15.6 Å². The lowest BCUT2D eigenvalue weighted by atomic mass is 10.2. The average molecular weight is 230 g/mol. The first-order valence-electron chi connectivity index (χ1n) is 3.40. The Morgan fingerprint density at radius 2 is 2.25 bits per heavy atom. The number of halogens is 2. The van der Waals surface area contributed by atoms with E-state index in [0.29, 0.717) is 21.1 Å². The summed E-state index contributed by atoms with van der Waals surface area (Å²) < 4.78 is 18.7. The van der Waals surface area contributed by atoms with Gasteiger partial charge in [0, 0.05) is 0 Å². The second kappa shape index (κ2) is 2.55. The van der Waals surface area contributed by atoms with Gasteiger partial charge in [-0.2, -0.15) is 0 Å². The van der Waals surface area contributed by atoms with Gasteiger partial charge in [-0.15, -0.1) is 0 Å². The maximum absolute atomic E-state index is 13.3. The van der Waals surface area contributed by atoms with Gasteiger partial charge in [0.2, 0.25) is 0 Å². The molecular weight excluding hydrogens is 225 g/mol. The third-order valence-electron chi connectivity index (χ3n) is 1.70. The molecule has 0 amide bonds. The Kier molecular flexibility index (Phi) is 1.65. The van der Waals surface area contributed by atoms with Crippen molar-refractivity contribution in [3.05, 3.63) is 28.1 Å². The highest BCUT2D eigenvalue weighted by Gasteiger charge is 2.11. The van der Waals surface area contributed by atoms with Crippen molar-refractivity contribution in [2.75, 3.05) is 0 Å². The summed E-state index contributed by atoms with van der Waals surface area (Å²) in [6.07, 6.45) is 0. The highest BCUT2D eigenvalue weighted by molar-refractivity contribution is 9.10. The summed E-state index contributed by atoms with van der Waals surface area (Å²) in [5, 5.41) is 4.11. The molecule has 0 radical (unpaired) electrons. The van der Waals surface area contributed by atoms with Crippen LogP contribution in [-0.2, 0) is 0 Å². The predicted molar refractivity (Wildman–Crippen MR) is 46.4 cm³/mol. The quantitative estimate of drug-likeness (QED) is 0.695. The molecular formula is C8H5BrFNO. The molecule has 0 saturated heterocycles. The van der Waals surface area contributed by atoms with Crippen LogP contribution in [0.4, 0.5) is 4.39 Å². The number of aryl methyl sites for hydroxylation is 1. The second-order valence-corrected chi connectivity index (χ2v) is 3.36. The summed E-state index contributed by atoms with van der Waals surface area (Å²) in [7, 11) is 0. The molecule has 4 heteroatoms. The average Bonchev–Trinajstić information content (AvgIpc) is 2.41. The van der Waals surface area contributed by atoms with Crippen LogP contribution in [0.5, 0.6) is 0 Å². The summed E-state index contributed by atoms with van der Waals surface area (Å²) in [5.74, 6) is -0.314. The molecule has 0 N–H and O–H groups in total. The van der Waals surface area contributed by atoms with E-state index >= 15 is 0 Å². The van der Waals surface area contributed by atoms with Gasteiger partial charge >= 0.3 is 0 Å². The van der Waals surface area contributed by atoms with Crippen LogP contribution in [0, 0.1) is 12.7 Å². The summed E-state index contributed by atoms with van der Waals surface area (Å²) in [5.41, 5.74) is 1.05. The van der Waals surface area contributed by atoms with Crippen LogP contribution < -0.4 is 0 Å². The van der Waals surface area contributed by atoms with Crippen molar-refractivity contribution in [1.82, 2.24) is 5.16 Å². The van der Waals surface area contributed by atoms with Crippen molar-refractivity contribution in [3.63, 3.8) is 0 Å². The number of hydrogen-bond donors (Lipinski definition) is 0. The SMILES string of the molecule is Cc1noc2ccc(Br)c(F)c12. The molecule has 0 unspecified atom stereocenters. The van der Waals surface area contributed by atoms with Crippen LogP contribution in [0.15, 0.2) is 21.1 Å². The van der Waals surface area contributed by atoms with Gasteiger partial charge in [-0.3, -0.25) is 0 Å². The Balaban J connectivity index is 2.96. The van der Waals surface area contributed by atoms with Gasteiger partial charge < -0.3 is 4.52 Å². The standard InChI is InChI=1S/C8H5BrFNO/c1-4-7-6(12-11-4)3-2-5(9)8(7)10/h2-3H,1H3. The zero-order chi connectivity index (χ0) is 8.72. The summed E-state index contributed by atoms with van der Waals surface area (Å²) in [6, 6.07) is 3.28. The van der Waals surface area contributed by atoms with E-state index in [1.54, 1.807) is 19.1 Å². The number of nitrogens with zero attached hydrogens (tertiary/aromatic N) is 1. The molecule has 12 heavy (non-hydrogen) atoms. The Bertz CT molecular complexity index is 438. The molecule has 0 fully saturated rings. The Hall–Kier alpha value is -0.900. The van der Waals surface area contributed by atoms with Crippen LogP contribution >= 0.6 is 15.9 Å². The number of fused-ring (bicyclic) bond motifs is 1. The van der Waals surface area contributed by atoms with E-state index < -0.39 is 0 Å². The van der Waals surface area contributed by atoms with Gasteiger partial charge in [0.15, 0.2) is 5.58 Å². The van der Waals surface area contributed by atoms with Gasteiger partial charge in [0.1, 0.15) is 5.82 Å². The van der Waals surface area contributed by atoms with Crippen LogP contribution in [0.1, 0.15) is 5.69 Å². The fourth-order valence-electron chi connectivity index (χ4n) is 1.11. The topological polar surface area (TPSA) is 26.0 Å². The van der Waals surface area contributed by atoms with E-state index in [0.717, 1.165) is 0 Å². The van der Waals surface area contributed by atoms with E-state index in [9.17, 15) is 4.39 Å². The molecule has 1 aromatic heterocycles. The Morgan fingerprint density at radius 1 is 1.50 bits per heavy atom. The normalized spacial score (nSPS) is 10.9. The lowest BCUT2D eigenvalue weighted by Gasteiger charge is -1.93. The minimum Gasteiger partial charge on any atom is -0.356 e. The molecule has 0 saturated carbocycles. The Labute approximate surface area is 76.5 Å². The lowest BCUT2D eigenvalue weighted by Crippen LogP contribution is -1.79. The maximum Gasteiger partial charge on any atom is 0.170 e. The molecule has 0 bridgehead atoms. The highest BCUT2D eigenvalue weighted by Crippen LogP contribution is 2.26. The molecule has 62 valence electrons. The highest BCUT2D eigenvalue weighted by atomic mass is 79.9. The third-order valence-corrected chi connectivity index (χ3v) is 2.31.